The van der Waals surface area contributed by atoms with E-state index in [9.17, 15) is 4.79 Å². The number of para-hydroxylation sites is 1. The molecule has 0 aromatic heterocycles. The number of hydrogen-bond acceptors (Lipinski definition) is 3. The summed E-state index contributed by atoms with van der Waals surface area (Å²) in [7, 11) is 0. The maximum Gasteiger partial charge on any atom is 0.235 e. The largest absolute Gasteiger partial charge is 0.409 e. The molecule has 1 aromatic carbocycles. The molecule has 0 fully saturated rings. The molecule has 0 saturated heterocycles. The number of hydrogen-bond donors (Lipinski definition) is 3. The molecule has 1 atom stereocenters. The Morgan fingerprint density at radius 3 is 2.65 bits per heavy atom. The third-order valence-corrected chi connectivity index (χ3v) is 2.41. The molecule has 0 heterocycles. The maximum atomic E-state index is 11.9. The van der Waals surface area contributed by atoms with E-state index < -0.39 is 5.92 Å². The van der Waals surface area contributed by atoms with Crippen molar-refractivity contribution in [2.45, 2.75) is 19.8 Å². The second-order valence-electron chi connectivity index (χ2n) is 3.72. The molecule has 1 unspecified atom stereocenters. The van der Waals surface area contributed by atoms with Crippen LogP contribution < -0.4 is 11.1 Å². The highest BCUT2D eigenvalue weighted by Gasteiger charge is 2.22. The SMILES string of the molecule is CCCC(C(=O)Nc1ccccc1)/C(N)=N/O. The Morgan fingerprint density at radius 1 is 1.47 bits per heavy atom. The number of rotatable bonds is 5. The van der Waals surface area contributed by atoms with Crippen LogP contribution in [0.1, 0.15) is 19.8 Å². The Balaban J connectivity index is 2.72. The zero-order valence-electron chi connectivity index (χ0n) is 9.76. The molecular formula is C12H17N3O2. The highest BCUT2D eigenvalue weighted by molar-refractivity contribution is 6.07. The number of benzene rings is 1. The van der Waals surface area contributed by atoms with Crippen molar-refractivity contribution in [3.05, 3.63) is 30.3 Å². The van der Waals surface area contributed by atoms with E-state index in [0.717, 1.165) is 6.42 Å². The average Bonchev–Trinajstić information content (AvgIpc) is 2.36. The number of anilines is 1. The first-order valence-corrected chi connectivity index (χ1v) is 5.52. The van der Waals surface area contributed by atoms with Crippen LogP contribution in [0, 0.1) is 5.92 Å². The lowest BCUT2D eigenvalue weighted by Gasteiger charge is -2.14. The number of amidine groups is 1. The molecule has 0 radical (unpaired) electrons. The van der Waals surface area contributed by atoms with Crippen molar-refractivity contribution in [2.24, 2.45) is 16.8 Å². The standard InChI is InChI=1S/C12H17N3O2/c1-2-6-10(11(13)15-17)12(16)14-9-7-4-3-5-8-9/h3-5,7-8,10,17H,2,6H2,1H3,(H2,13,15)(H,14,16). The highest BCUT2D eigenvalue weighted by Crippen LogP contribution is 2.12. The van der Waals surface area contributed by atoms with Crippen molar-refractivity contribution >= 4 is 17.4 Å². The molecule has 5 heteroatoms. The van der Waals surface area contributed by atoms with Gasteiger partial charge in [0.2, 0.25) is 5.91 Å². The Kier molecular flexibility index (Phi) is 5.00. The van der Waals surface area contributed by atoms with Crippen molar-refractivity contribution in [2.75, 3.05) is 5.32 Å². The van der Waals surface area contributed by atoms with Gasteiger partial charge in [0.1, 0.15) is 0 Å². The van der Waals surface area contributed by atoms with Gasteiger partial charge in [0.05, 0.1) is 5.92 Å². The van der Waals surface area contributed by atoms with Crippen molar-refractivity contribution in [3.63, 3.8) is 0 Å². The fourth-order valence-corrected chi connectivity index (χ4v) is 1.52. The zero-order valence-corrected chi connectivity index (χ0v) is 9.76. The van der Waals surface area contributed by atoms with Crippen LogP contribution in [0.3, 0.4) is 0 Å². The summed E-state index contributed by atoms with van der Waals surface area (Å²) in [5.41, 5.74) is 6.20. The van der Waals surface area contributed by atoms with E-state index in [4.69, 9.17) is 10.9 Å². The lowest BCUT2D eigenvalue weighted by Crippen LogP contribution is -2.34. The van der Waals surface area contributed by atoms with Gasteiger partial charge in [-0.05, 0) is 18.6 Å². The first kappa shape index (κ1) is 13.0. The summed E-state index contributed by atoms with van der Waals surface area (Å²) < 4.78 is 0. The normalized spacial score (nSPS) is 13.1. The van der Waals surface area contributed by atoms with Crippen LogP contribution >= 0.6 is 0 Å². The minimum atomic E-state index is -0.592. The van der Waals surface area contributed by atoms with E-state index >= 15 is 0 Å². The molecule has 5 nitrogen and oxygen atoms in total. The maximum absolute atomic E-state index is 11.9. The number of nitrogens with zero attached hydrogens (tertiary/aromatic N) is 1. The summed E-state index contributed by atoms with van der Waals surface area (Å²) >= 11 is 0. The van der Waals surface area contributed by atoms with E-state index in [1.807, 2.05) is 25.1 Å². The van der Waals surface area contributed by atoms with Crippen LogP contribution in [0.2, 0.25) is 0 Å². The monoisotopic (exact) mass is 235 g/mol. The lowest BCUT2D eigenvalue weighted by atomic mass is 10.0. The van der Waals surface area contributed by atoms with Crippen LogP contribution in [-0.2, 0) is 4.79 Å². The molecule has 17 heavy (non-hydrogen) atoms. The molecule has 0 spiro atoms. The second-order valence-corrected chi connectivity index (χ2v) is 3.72. The molecule has 1 aromatic rings. The van der Waals surface area contributed by atoms with Gasteiger partial charge in [-0.15, -0.1) is 0 Å². The van der Waals surface area contributed by atoms with Crippen molar-refractivity contribution in [1.82, 2.24) is 0 Å². The lowest BCUT2D eigenvalue weighted by molar-refractivity contribution is -0.118. The van der Waals surface area contributed by atoms with Gasteiger partial charge in [-0.1, -0.05) is 36.7 Å². The van der Waals surface area contributed by atoms with Crippen LogP contribution in [0.15, 0.2) is 35.5 Å². The Bertz CT molecular complexity index is 390. The van der Waals surface area contributed by atoms with Gasteiger partial charge < -0.3 is 16.3 Å². The van der Waals surface area contributed by atoms with Crippen molar-refractivity contribution < 1.29 is 10.0 Å². The first-order chi connectivity index (χ1) is 8.19. The highest BCUT2D eigenvalue weighted by atomic mass is 16.4. The topological polar surface area (TPSA) is 87.7 Å². The van der Waals surface area contributed by atoms with Gasteiger partial charge >= 0.3 is 0 Å². The van der Waals surface area contributed by atoms with Gasteiger partial charge in [0.25, 0.3) is 0 Å². The summed E-state index contributed by atoms with van der Waals surface area (Å²) in [5.74, 6) is -0.904. The van der Waals surface area contributed by atoms with Gasteiger partial charge in [0, 0.05) is 5.69 Å². The molecular weight excluding hydrogens is 218 g/mol. The smallest absolute Gasteiger partial charge is 0.235 e. The van der Waals surface area contributed by atoms with E-state index in [0.29, 0.717) is 12.1 Å². The summed E-state index contributed by atoms with van der Waals surface area (Å²) in [5, 5.41) is 14.3. The average molecular weight is 235 g/mol. The Morgan fingerprint density at radius 2 is 2.12 bits per heavy atom. The third-order valence-electron chi connectivity index (χ3n) is 2.41. The van der Waals surface area contributed by atoms with Gasteiger partial charge in [0.15, 0.2) is 5.84 Å². The van der Waals surface area contributed by atoms with Crippen LogP contribution in [-0.4, -0.2) is 17.0 Å². The number of nitrogens with two attached hydrogens (primary N) is 1. The second kappa shape index (κ2) is 6.52. The summed E-state index contributed by atoms with van der Waals surface area (Å²) in [6.45, 7) is 1.94. The molecule has 0 bridgehead atoms. The van der Waals surface area contributed by atoms with Gasteiger partial charge in [-0.25, -0.2) is 0 Å². The molecule has 92 valence electrons. The summed E-state index contributed by atoms with van der Waals surface area (Å²) in [4.78, 5) is 11.9. The predicted octanol–water partition coefficient (Wildman–Crippen LogP) is 1.79. The van der Waals surface area contributed by atoms with Crippen molar-refractivity contribution in [3.8, 4) is 0 Å². The fraction of sp³-hybridized carbons (Fsp3) is 0.333. The number of carbonyl (C=O) groups excluding carboxylic acids is 1. The van der Waals surface area contributed by atoms with Crippen LogP contribution in [0.5, 0.6) is 0 Å². The minimum Gasteiger partial charge on any atom is -0.409 e. The van der Waals surface area contributed by atoms with Gasteiger partial charge in [-0.2, -0.15) is 0 Å². The third kappa shape index (κ3) is 3.79. The van der Waals surface area contributed by atoms with Gasteiger partial charge in [-0.3, -0.25) is 4.79 Å². The zero-order chi connectivity index (χ0) is 12.7. The van der Waals surface area contributed by atoms with E-state index in [2.05, 4.69) is 10.5 Å². The molecule has 4 N–H and O–H groups in total. The first-order valence-electron chi connectivity index (χ1n) is 5.52. The van der Waals surface area contributed by atoms with Crippen LogP contribution in [0.4, 0.5) is 5.69 Å². The molecule has 1 rings (SSSR count). The quantitative estimate of drug-likeness (QED) is 0.314. The molecule has 0 saturated carbocycles. The number of amides is 1. The Labute approximate surface area is 100 Å². The molecule has 0 aliphatic carbocycles. The Hall–Kier alpha value is -2.04. The summed E-state index contributed by atoms with van der Waals surface area (Å²) in [6, 6.07) is 9.09. The molecule has 0 aliphatic heterocycles. The minimum absolute atomic E-state index is 0.0553. The summed E-state index contributed by atoms with van der Waals surface area (Å²) in [6.07, 6.45) is 1.33. The van der Waals surface area contributed by atoms with E-state index in [1.54, 1.807) is 12.1 Å². The molecule has 0 aliphatic rings. The predicted molar refractivity (Wildman–Crippen MR) is 66.9 cm³/mol. The molecule has 1 amide bonds. The number of nitrogens with one attached hydrogen (secondary N) is 1. The van der Waals surface area contributed by atoms with E-state index in [1.165, 1.54) is 0 Å². The van der Waals surface area contributed by atoms with Crippen molar-refractivity contribution in [1.29, 1.82) is 0 Å². The van der Waals surface area contributed by atoms with E-state index in [-0.39, 0.29) is 11.7 Å². The number of oxime groups is 1. The number of carbonyl (C=O) groups is 1. The van der Waals surface area contributed by atoms with Crippen LogP contribution in [0.25, 0.3) is 0 Å². The fourth-order valence-electron chi connectivity index (χ4n) is 1.52.